The molecule has 1 fully saturated rings. The number of nitriles is 1. The number of hydrogen-bond acceptors (Lipinski definition) is 7. The van der Waals surface area contributed by atoms with Crippen molar-refractivity contribution in [3.63, 3.8) is 0 Å². The minimum Gasteiger partial charge on any atom is -0.378 e. The third-order valence-electron chi connectivity index (χ3n) is 3.94. The highest BCUT2D eigenvalue weighted by molar-refractivity contribution is 7.89. The van der Waals surface area contributed by atoms with Gasteiger partial charge < -0.3 is 9.64 Å². The van der Waals surface area contributed by atoms with Gasteiger partial charge in [0.15, 0.2) is 0 Å². The number of anilines is 1. The molecule has 3 rings (SSSR count). The maximum absolute atomic E-state index is 12.5. The first kappa shape index (κ1) is 18.3. The molecule has 9 heteroatoms. The van der Waals surface area contributed by atoms with E-state index in [2.05, 4.69) is 19.6 Å². The molecule has 0 unspecified atom stereocenters. The van der Waals surface area contributed by atoms with Crippen LogP contribution < -0.4 is 9.62 Å². The van der Waals surface area contributed by atoms with Crippen molar-refractivity contribution in [1.29, 1.82) is 5.26 Å². The maximum atomic E-state index is 12.5. The van der Waals surface area contributed by atoms with Crippen molar-refractivity contribution in [3.8, 4) is 6.07 Å². The van der Waals surface area contributed by atoms with Gasteiger partial charge in [0.1, 0.15) is 17.7 Å². The fourth-order valence-corrected chi connectivity index (χ4v) is 3.81. The van der Waals surface area contributed by atoms with Gasteiger partial charge in [-0.05, 0) is 19.1 Å². The number of nitrogens with zero attached hydrogens (tertiary/aromatic N) is 4. The molecule has 1 aromatic heterocycles. The van der Waals surface area contributed by atoms with Crippen LogP contribution in [0.25, 0.3) is 0 Å². The summed E-state index contributed by atoms with van der Waals surface area (Å²) >= 11 is 0. The second-order valence-electron chi connectivity index (χ2n) is 5.82. The van der Waals surface area contributed by atoms with E-state index in [4.69, 9.17) is 10.00 Å². The van der Waals surface area contributed by atoms with E-state index in [0.717, 1.165) is 24.6 Å². The standard InChI is InChI=1S/C17H19N5O3S/c1-13-10-17(22-6-8-25-9-7-22)21-16(20-13)12-19-26(23,24)15-5-3-2-4-14(15)11-18/h2-5,10,19H,6-9,12H2,1H3. The summed E-state index contributed by atoms with van der Waals surface area (Å²) in [7, 11) is -3.84. The lowest BCUT2D eigenvalue weighted by Crippen LogP contribution is -2.37. The molecule has 8 nitrogen and oxygen atoms in total. The monoisotopic (exact) mass is 373 g/mol. The minimum absolute atomic E-state index is 0.0523. The fraction of sp³-hybridized carbons (Fsp3) is 0.353. The smallest absolute Gasteiger partial charge is 0.242 e. The molecule has 0 atom stereocenters. The summed E-state index contributed by atoms with van der Waals surface area (Å²) in [5.41, 5.74) is 0.854. The molecule has 0 amide bonds. The Hall–Kier alpha value is -2.54. The second-order valence-corrected chi connectivity index (χ2v) is 7.55. The lowest BCUT2D eigenvalue weighted by molar-refractivity contribution is 0.122. The first-order valence-electron chi connectivity index (χ1n) is 8.15. The highest BCUT2D eigenvalue weighted by atomic mass is 32.2. The number of rotatable bonds is 5. The van der Waals surface area contributed by atoms with Crippen molar-refractivity contribution in [2.75, 3.05) is 31.2 Å². The van der Waals surface area contributed by atoms with Crippen LogP contribution in [0.5, 0.6) is 0 Å². The Kier molecular flexibility index (Phi) is 5.46. The predicted molar refractivity (Wildman–Crippen MR) is 95.0 cm³/mol. The summed E-state index contributed by atoms with van der Waals surface area (Å²) in [4.78, 5) is 10.8. The predicted octanol–water partition coefficient (Wildman–Crippen LogP) is 0.972. The van der Waals surface area contributed by atoms with Gasteiger partial charge >= 0.3 is 0 Å². The van der Waals surface area contributed by atoms with E-state index >= 15 is 0 Å². The van der Waals surface area contributed by atoms with Gasteiger partial charge in [0.25, 0.3) is 0 Å². The first-order valence-corrected chi connectivity index (χ1v) is 9.64. The Morgan fingerprint density at radius 3 is 2.73 bits per heavy atom. The lowest BCUT2D eigenvalue weighted by Gasteiger charge is -2.28. The third-order valence-corrected chi connectivity index (χ3v) is 5.40. The van der Waals surface area contributed by atoms with Crippen molar-refractivity contribution >= 4 is 15.8 Å². The van der Waals surface area contributed by atoms with Crippen LogP contribution in [0.1, 0.15) is 17.1 Å². The highest BCUT2D eigenvalue weighted by Gasteiger charge is 2.19. The molecule has 136 valence electrons. The molecular weight excluding hydrogens is 354 g/mol. The van der Waals surface area contributed by atoms with E-state index in [1.807, 2.05) is 19.1 Å². The maximum Gasteiger partial charge on any atom is 0.242 e. The SMILES string of the molecule is Cc1cc(N2CCOCC2)nc(CNS(=O)(=O)c2ccccc2C#N)n1. The Bertz CT molecular complexity index is 934. The molecule has 0 spiro atoms. The highest BCUT2D eigenvalue weighted by Crippen LogP contribution is 2.16. The van der Waals surface area contributed by atoms with Gasteiger partial charge in [-0.3, -0.25) is 0 Å². The number of aryl methyl sites for hydroxylation is 1. The molecule has 0 saturated carbocycles. The van der Waals surface area contributed by atoms with Crippen LogP contribution in [0.2, 0.25) is 0 Å². The first-order chi connectivity index (χ1) is 12.5. The topological polar surface area (TPSA) is 108 Å². The van der Waals surface area contributed by atoms with Crippen molar-refractivity contribution < 1.29 is 13.2 Å². The van der Waals surface area contributed by atoms with Crippen LogP contribution in [0.15, 0.2) is 35.2 Å². The van der Waals surface area contributed by atoms with E-state index in [-0.39, 0.29) is 17.0 Å². The zero-order valence-electron chi connectivity index (χ0n) is 14.3. The van der Waals surface area contributed by atoms with Gasteiger partial charge in [0.2, 0.25) is 10.0 Å². The van der Waals surface area contributed by atoms with Crippen LogP contribution in [-0.2, 0) is 21.3 Å². The zero-order valence-corrected chi connectivity index (χ0v) is 15.2. The number of hydrogen-bond donors (Lipinski definition) is 1. The van der Waals surface area contributed by atoms with Crippen LogP contribution in [0.4, 0.5) is 5.82 Å². The summed E-state index contributed by atoms with van der Waals surface area (Å²) < 4.78 is 32.8. The van der Waals surface area contributed by atoms with Gasteiger partial charge in [0.05, 0.1) is 30.2 Å². The van der Waals surface area contributed by atoms with Gasteiger partial charge in [0, 0.05) is 24.8 Å². The molecule has 1 saturated heterocycles. The number of aromatic nitrogens is 2. The summed E-state index contributed by atoms with van der Waals surface area (Å²) in [5.74, 6) is 1.14. The number of nitrogens with one attached hydrogen (secondary N) is 1. The summed E-state index contributed by atoms with van der Waals surface area (Å²) in [6.45, 7) is 4.52. The lowest BCUT2D eigenvalue weighted by atomic mass is 10.2. The normalized spacial score (nSPS) is 14.8. The van der Waals surface area contributed by atoms with E-state index in [0.29, 0.717) is 19.0 Å². The Morgan fingerprint density at radius 1 is 1.27 bits per heavy atom. The fourth-order valence-electron chi connectivity index (χ4n) is 2.68. The average Bonchev–Trinajstić information content (AvgIpc) is 2.67. The molecule has 1 aliphatic rings. The second kappa shape index (κ2) is 7.78. The molecule has 1 aromatic carbocycles. The number of ether oxygens (including phenoxy) is 1. The molecule has 1 aliphatic heterocycles. The molecule has 0 bridgehead atoms. The van der Waals surface area contributed by atoms with E-state index in [1.54, 1.807) is 12.1 Å². The van der Waals surface area contributed by atoms with Crippen LogP contribution >= 0.6 is 0 Å². The summed E-state index contributed by atoms with van der Waals surface area (Å²) in [6.07, 6.45) is 0. The Balaban J connectivity index is 1.79. The number of sulfonamides is 1. The molecule has 1 N–H and O–H groups in total. The Morgan fingerprint density at radius 2 is 2.00 bits per heavy atom. The van der Waals surface area contributed by atoms with E-state index in [9.17, 15) is 8.42 Å². The minimum atomic E-state index is -3.84. The summed E-state index contributed by atoms with van der Waals surface area (Å²) in [6, 6.07) is 9.83. The largest absolute Gasteiger partial charge is 0.378 e. The van der Waals surface area contributed by atoms with Gasteiger partial charge in [-0.1, -0.05) is 12.1 Å². The molecule has 0 aliphatic carbocycles. The molecule has 0 radical (unpaired) electrons. The van der Waals surface area contributed by atoms with Crippen molar-refractivity contribution in [3.05, 3.63) is 47.4 Å². The van der Waals surface area contributed by atoms with Crippen molar-refractivity contribution in [1.82, 2.24) is 14.7 Å². The van der Waals surface area contributed by atoms with Crippen LogP contribution in [0, 0.1) is 18.3 Å². The van der Waals surface area contributed by atoms with Gasteiger partial charge in [-0.2, -0.15) is 5.26 Å². The van der Waals surface area contributed by atoms with Crippen molar-refractivity contribution in [2.24, 2.45) is 0 Å². The number of benzene rings is 1. The zero-order chi connectivity index (χ0) is 18.6. The molecule has 26 heavy (non-hydrogen) atoms. The van der Waals surface area contributed by atoms with E-state index in [1.165, 1.54) is 12.1 Å². The van der Waals surface area contributed by atoms with E-state index < -0.39 is 10.0 Å². The summed E-state index contributed by atoms with van der Waals surface area (Å²) in [5, 5.41) is 9.10. The van der Waals surface area contributed by atoms with Gasteiger partial charge in [-0.15, -0.1) is 0 Å². The third kappa shape index (κ3) is 4.16. The average molecular weight is 373 g/mol. The van der Waals surface area contributed by atoms with Crippen molar-refractivity contribution in [2.45, 2.75) is 18.4 Å². The molecule has 2 aromatic rings. The Labute approximate surface area is 152 Å². The quantitative estimate of drug-likeness (QED) is 0.832. The van der Waals surface area contributed by atoms with Crippen LogP contribution in [-0.4, -0.2) is 44.7 Å². The molecule has 2 heterocycles. The molecular formula is C17H19N5O3S. The van der Waals surface area contributed by atoms with Gasteiger partial charge in [-0.25, -0.2) is 23.1 Å². The number of morpholine rings is 1. The van der Waals surface area contributed by atoms with Crippen LogP contribution in [0.3, 0.4) is 0 Å².